The first kappa shape index (κ1) is 14.8. The van der Waals surface area contributed by atoms with Gasteiger partial charge in [0.25, 0.3) is 0 Å². The molecule has 3 heteroatoms. The minimum atomic E-state index is 0.175. The van der Waals surface area contributed by atoms with Crippen LogP contribution in [0.5, 0.6) is 0 Å². The summed E-state index contributed by atoms with van der Waals surface area (Å²) in [7, 11) is 2.01. The van der Waals surface area contributed by atoms with E-state index in [2.05, 4.69) is 71.7 Å². The van der Waals surface area contributed by atoms with Crippen LogP contribution in [0.2, 0.25) is 0 Å². The Morgan fingerprint density at radius 1 is 1.26 bits per heavy atom. The molecule has 0 aliphatic rings. The first-order valence-corrected chi connectivity index (χ1v) is 8.11. The molecule has 0 bridgehead atoms. The van der Waals surface area contributed by atoms with E-state index in [9.17, 15) is 0 Å². The normalized spacial score (nSPS) is 11.8. The van der Waals surface area contributed by atoms with E-state index in [-0.39, 0.29) is 5.41 Å². The van der Waals surface area contributed by atoms with E-state index in [0.717, 1.165) is 6.54 Å². The van der Waals surface area contributed by atoms with Crippen LogP contribution in [0.1, 0.15) is 25.0 Å². The average molecular weight is 338 g/mol. The van der Waals surface area contributed by atoms with Gasteiger partial charge in [-0.15, -0.1) is 11.3 Å². The van der Waals surface area contributed by atoms with Crippen molar-refractivity contribution in [3.8, 4) is 10.4 Å². The van der Waals surface area contributed by atoms with E-state index in [4.69, 9.17) is 0 Å². The summed E-state index contributed by atoms with van der Waals surface area (Å²) >= 11 is 5.38. The number of nitrogens with one attached hydrogen (secondary N) is 1. The molecule has 0 saturated heterocycles. The molecule has 0 amide bonds. The molecular formula is C16H20BrNS. The molecule has 0 spiro atoms. The molecule has 1 nitrogen and oxygen atoms in total. The maximum Gasteiger partial charge on any atom is 0.0345 e. The zero-order valence-electron chi connectivity index (χ0n) is 11.9. The number of hydrogen-bond donors (Lipinski definition) is 1. The van der Waals surface area contributed by atoms with Crippen molar-refractivity contribution in [1.82, 2.24) is 5.32 Å². The van der Waals surface area contributed by atoms with Gasteiger partial charge < -0.3 is 5.32 Å². The van der Waals surface area contributed by atoms with E-state index in [1.54, 1.807) is 0 Å². The fourth-order valence-corrected chi connectivity index (χ4v) is 3.53. The van der Waals surface area contributed by atoms with E-state index in [1.807, 2.05) is 18.4 Å². The summed E-state index contributed by atoms with van der Waals surface area (Å²) in [4.78, 5) is 1.34. The van der Waals surface area contributed by atoms with Crippen LogP contribution in [-0.2, 0) is 5.41 Å². The van der Waals surface area contributed by atoms with Crippen molar-refractivity contribution in [2.24, 2.45) is 0 Å². The molecule has 0 saturated carbocycles. The Hall–Kier alpha value is -0.640. The van der Waals surface area contributed by atoms with E-state index in [1.165, 1.54) is 26.0 Å². The fourth-order valence-electron chi connectivity index (χ4n) is 2.18. The Balaban J connectivity index is 2.33. The Morgan fingerprint density at radius 3 is 2.63 bits per heavy atom. The number of benzene rings is 1. The van der Waals surface area contributed by atoms with Crippen molar-refractivity contribution in [2.45, 2.75) is 26.2 Å². The van der Waals surface area contributed by atoms with Crippen molar-refractivity contribution < 1.29 is 0 Å². The molecule has 2 rings (SSSR count). The van der Waals surface area contributed by atoms with Gasteiger partial charge in [0, 0.05) is 21.3 Å². The molecule has 0 aliphatic carbocycles. The smallest absolute Gasteiger partial charge is 0.0345 e. The van der Waals surface area contributed by atoms with Crippen LogP contribution in [0.25, 0.3) is 10.4 Å². The quantitative estimate of drug-likeness (QED) is 0.829. The molecule has 0 atom stereocenters. The molecule has 1 heterocycles. The third-order valence-electron chi connectivity index (χ3n) is 3.44. The molecule has 0 unspecified atom stereocenters. The lowest BCUT2D eigenvalue weighted by atomic mass is 9.86. The summed E-state index contributed by atoms with van der Waals surface area (Å²) in [6.45, 7) is 7.68. The van der Waals surface area contributed by atoms with Crippen LogP contribution in [-0.4, -0.2) is 13.6 Å². The number of halogens is 1. The molecule has 1 aromatic carbocycles. The molecular weight excluding hydrogens is 318 g/mol. The molecule has 2 aromatic rings. The summed E-state index contributed by atoms with van der Waals surface area (Å²) in [6, 6.07) is 8.87. The van der Waals surface area contributed by atoms with Crippen molar-refractivity contribution in [3.63, 3.8) is 0 Å². The van der Waals surface area contributed by atoms with Gasteiger partial charge in [-0.1, -0.05) is 35.8 Å². The second-order valence-electron chi connectivity index (χ2n) is 5.58. The first-order valence-electron chi connectivity index (χ1n) is 6.44. The van der Waals surface area contributed by atoms with Gasteiger partial charge >= 0.3 is 0 Å². The largest absolute Gasteiger partial charge is 0.319 e. The minimum absolute atomic E-state index is 0.175. The third kappa shape index (κ3) is 3.28. The van der Waals surface area contributed by atoms with Crippen molar-refractivity contribution in [1.29, 1.82) is 0 Å². The van der Waals surface area contributed by atoms with Crippen LogP contribution in [0.15, 0.2) is 34.1 Å². The maximum absolute atomic E-state index is 3.55. The highest BCUT2D eigenvalue weighted by atomic mass is 79.9. The Labute approximate surface area is 128 Å². The summed E-state index contributed by atoms with van der Waals surface area (Å²) < 4.78 is 1.17. The van der Waals surface area contributed by atoms with Crippen LogP contribution in [0.4, 0.5) is 0 Å². The van der Waals surface area contributed by atoms with Crippen molar-refractivity contribution in [2.75, 3.05) is 13.6 Å². The number of rotatable bonds is 4. The van der Waals surface area contributed by atoms with E-state index >= 15 is 0 Å². The zero-order chi connectivity index (χ0) is 14.0. The number of aryl methyl sites for hydroxylation is 1. The monoisotopic (exact) mass is 337 g/mol. The second-order valence-corrected chi connectivity index (χ2v) is 7.34. The maximum atomic E-state index is 3.55. The van der Waals surface area contributed by atoms with Crippen LogP contribution in [0.3, 0.4) is 0 Å². The predicted molar refractivity (Wildman–Crippen MR) is 89.1 cm³/mol. The van der Waals surface area contributed by atoms with Gasteiger partial charge in [0.05, 0.1) is 0 Å². The topological polar surface area (TPSA) is 12.0 Å². The van der Waals surface area contributed by atoms with Gasteiger partial charge in [0.15, 0.2) is 0 Å². The number of thiophene rings is 1. The third-order valence-corrected chi connectivity index (χ3v) is 5.31. The fraction of sp³-hybridized carbons (Fsp3) is 0.375. The number of hydrogen-bond acceptors (Lipinski definition) is 2. The van der Waals surface area contributed by atoms with Gasteiger partial charge in [-0.3, -0.25) is 0 Å². The van der Waals surface area contributed by atoms with Crippen molar-refractivity contribution in [3.05, 3.63) is 45.2 Å². The molecule has 102 valence electrons. The van der Waals surface area contributed by atoms with Gasteiger partial charge in [-0.05, 0) is 54.2 Å². The predicted octanol–water partition coefficient (Wildman–Crippen LogP) is 4.98. The second kappa shape index (κ2) is 5.78. The van der Waals surface area contributed by atoms with E-state index < -0.39 is 0 Å². The Morgan fingerprint density at radius 2 is 2.00 bits per heavy atom. The summed E-state index contributed by atoms with van der Waals surface area (Å²) in [6.07, 6.45) is 0. The minimum Gasteiger partial charge on any atom is -0.319 e. The van der Waals surface area contributed by atoms with Crippen molar-refractivity contribution >= 4 is 27.3 Å². The standard InChI is InChI=1S/C16H20BrNS/c1-11-7-12(5-6-14(11)17)15-8-13(9-19-15)16(2,3)10-18-4/h5-9,18H,10H2,1-4H3. The van der Waals surface area contributed by atoms with Crippen LogP contribution in [0, 0.1) is 6.92 Å². The zero-order valence-corrected chi connectivity index (χ0v) is 14.3. The molecule has 1 aromatic heterocycles. The summed E-state index contributed by atoms with van der Waals surface area (Å²) in [5.74, 6) is 0. The SMILES string of the molecule is CNCC(C)(C)c1csc(-c2ccc(Br)c(C)c2)c1. The van der Waals surface area contributed by atoms with Crippen LogP contribution < -0.4 is 5.32 Å². The number of likely N-dealkylation sites (N-methyl/N-ethyl adjacent to an activating group) is 1. The summed E-state index contributed by atoms with van der Waals surface area (Å²) in [5.41, 5.74) is 4.16. The molecule has 0 radical (unpaired) electrons. The Kier molecular flexibility index (Phi) is 4.49. The van der Waals surface area contributed by atoms with Gasteiger partial charge in [-0.2, -0.15) is 0 Å². The lowest BCUT2D eigenvalue weighted by Gasteiger charge is -2.23. The molecule has 0 aliphatic heterocycles. The highest BCUT2D eigenvalue weighted by molar-refractivity contribution is 9.10. The van der Waals surface area contributed by atoms with Gasteiger partial charge in [-0.25, -0.2) is 0 Å². The Bertz CT molecular complexity index is 572. The highest BCUT2D eigenvalue weighted by Gasteiger charge is 2.21. The van der Waals surface area contributed by atoms with Gasteiger partial charge in [0.1, 0.15) is 0 Å². The first-order chi connectivity index (χ1) is 8.94. The molecule has 1 N–H and O–H groups in total. The molecule has 19 heavy (non-hydrogen) atoms. The highest BCUT2D eigenvalue weighted by Crippen LogP contribution is 2.34. The summed E-state index contributed by atoms with van der Waals surface area (Å²) in [5, 5.41) is 5.55. The van der Waals surface area contributed by atoms with E-state index in [0.29, 0.717) is 0 Å². The average Bonchev–Trinajstić information content (AvgIpc) is 2.83. The van der Waals surface area contributed by atoms with Crippen LogP contribution >= 0.6 is 27.3 Å². The molecule has 0 fully saturated rings. The lowest BCUT2D eigenvalue weighted by Crippen LogP contribution is -2.30. The lowest BCUT2D eigenvalue weighted by molar-refractivity contribution is 0.496. The van der Waals surface area contributed by atoms with Gasteiger partial charge in [0.2, 0.25) is 0 Å².